The van der Waals surface area contributed by atoms with E-state index >= 15 is 0 Å². The van der Waals surface area contributed by atoms with Crippen LogP contribution < -0.4 is 0 Å². The lowest BCUT2D eigenvalue weighted by molar-refractivity contribution is 0.797. The lowest BCUT2D eigenvalue weighted by Gasteiger charge is -2.00. The van der Waals surface area contributed by atoms with Crippen LogP contribution in [0.1, 0.15) is 6.92 Å². The van der Waals surface area contributed by atoms with Gasteiger partial charge in [-0.3, -0.25) is 0 Å². The van der Waals surface area contributed by atoms with Crippen LogP contribution in [-0.4, -0.2) is 4.57 Å². The Labute approximate surface area is 85.5 Å². The van der Waals surface area contributed by atoms with Gasteiger partial charge in [-0.1, -0.05) is 6.07 Å². The van der Waals surface area contributed by atoms with Crippen molar-refractivity contribution in [3.8, 4) is 0 Å². The van der Waals surface area contributed by atoms with Crippen LogP contribution in [0.2, 0.25) is 0 Å². The molecular weight excluding hydrogens is 261 g/mol. The largest absolute Gasteiger partial charge is 0.348 e. The van der Waals surface area contributed by atoms with E-state index in [0.29, 0.717) is 0 Å². The lowest BCUT2D eigenvalue weighted by Crippen LogP contribution is -1.89. The molecule has 0 aliphatic heterocycles. The molecular formula is C10H10IN. The summed E-state index contributed by atoms with van der Waals surface area (Å²) in [5.74, 6) is 0. The smallest absolute Gasteiger partial charge is 0.0490 e. The van der Waals surface area contributed by atoms with E-state index in [-0.39, 0.29) is 0 Å². The van der Waals surface area contributed by atoms with Crippen LogP contribution in [0, 0.1) is 3.57 Å². The summed E-state index contributed by atoms with van der Waals surface area (Å²) in [4.78, 5) is 0. The standard InChI is InChI=1S/C10H10IN/c1-2-12-7-6-8-9(11)4-3-5-10(8)12/h3-7H,2H2,1H3. The number of fused-ring (bicyclic) bond motifs is 1. The van der Waals surface area contributed by atoms with Gasteiger partial charge >= 0.3 is 0 Å². The minimum absolute atomic E-state index is 1.05. The van der Waals surface area contributed by atoms with Crippen molar-refractivity contribution in [1.82, 2.24) is 4.57 Å². The van der Waals surface area contributed by atoms with Crippen LogP contribution in [-0.2, 0) is 6.54 Å². The van der Waals surface area contributed by atoms with Crippen molar-refractivity contribution in [2.75, 3.05) is 0 Å². The minimum Gasteiger partial charge on any atom is -0.348 e. The SMILES string of the molecule is CCn1ccc2c(I)cccc21. The number of rotatable bonds is 1. The predicted molar refractivity (Wildman–Crippen MR) is 60.3 cm³/mol. The molecule has 0 spiro atoms. The third-order valence-electron chi connectivity index (χ3n) is 2.10. The Hall–Kier alpha value is -0.510. The predicted octanol–water partition coefficient (Wildman–Crippen LogP) is 3.27. The molecule has 0 radical (unpaired) electrons. The van der Waals surface area contributed by atoms with Gasteiger partial charge in [0.15, 0.2) is 0 Å². The zero-order valence-corrected chi connectivity index (χ0v) is 9.08. The molecule has 2 aromatic rings. The fraction of sp³-hybridized carbons (Fsp3) is 0.200. The monoisotopic (exact) mass is 271 g/mol. The molecule has 0 fully saturated rings. The zero-order chi connectivity index (χ0) is 8.55. The summed E-state index contributed by atoms with van der Waals surface area (Å²) in [6.07, 6.45) is 2.15. The van der Waals surface area contributed by atoms with Crippen molar-refractivity contribution in [2.45, 2.75) is 13.5 Å². The number of aryl methyl sites for hydroxylation is 1. The molecule has 12 heavy (non-hydrogen) atoms. The second kappa shape index (κ2) is 3.09. The van der Waals surface area contributed by atoms with Gasteiger partial charge in [-0.05, 0) is 47.7 Å². The first-order valence-corrected chi connectivity index (χ1v) is 5.14. The Morgan fingerprint density at radius 3 is 2.92 bits per heavy atom. The van der Waals surface area contributed by atoms with Crippen LogP contribution in [0.15, 0.2) is 30.5 Å². The van der Waals surface area contributed by atoms with Crippen molar-refractivity contribution >= 4 is 33.5 Å². The molecule has 0 saturated carbocycles. The summed E-state index contributed by atoms with van der Waals surface area (Å²) in [6, 6.07) is 8.60. The summed E-state index contributed by atoms with van der Waals surface area (Å²) in [5, 5.41) is 1.36. The molecule has 1 heterocycles. The molecule has 2 rings (SSSR count). The molecule has 0 bridgehead atoms. The number of hydrogen-bond donors (Lipinski definition) is 0. The highest BCUT2D eigenvalue weighted by atomic mass is 127. The van der Waals surface area contributed by atoms with Crippen LogP contribution in [0.25, 0.3) is 10.9 Å². The molecule has 0 N–H and O–H groups in total. The first kappa shape index (κ1) is 8.10. The van der Waals surface area contributed by atoms with Crippen molar-refractivity contribution in [3.05, 3.63) is 34.0 Å². The second-order valence-corrected chi connectivity index (χ2v) is 3.94. The van der Waals surface area contributed by atoms with Crippen molar-refractivity contribution in [2.24, 2.45) is 0 Å². The van der Waals surface area contributed by atoms with E-state index in [4.69, 9.17) is 0 Å². The Kier molecular flexibility index (Phi) is 2.09. The Bertz CT molecular complexity index is 403. The molecule has 1 aromatic heterocycles. The average molecular weight is 271 g/mol. The summed E-state index contributed by atoms with van der Waals surface area (Å²) in [6.45, 7) is 3.21. The van der Waals surface area contributed by atoms with Gasteiger partial charge in [-0.15, -0.1) is 0 Å². The highest BCUT2D eigenvalue weighted by molar-refractivity contribution is 14.1. The summed E-state index contributed by atoms with van der Waals surface area (Å²) in [5.41, 5.74) is 1.34. The molecule has 2 heteroatoms. The number of nitrogens with zero attached hydrogens (tertiary/aromatic N) is 1. The van der Waals surface area contributed by atoms with Gasteiger partial charge in [0, 0.05) is 27.2 Å². The Morgan fingerprint density at radius 1 is 1.33 bits per heavy atom. The molecule has 0 aliphatic rings. The number of aromatic nitrogens is 1. The van der Waals surface area contributed by atoms with E-state index in [2.05, 4.69) is 64.5 Å². The fourth-order valence-electron chi connectivity index (χ4n) is 1.46. The fourth-order valence-corrected chi connectivity index (χ4v) is 2.13. The van der Waals surface area contributed by atoms with Crippen LogP contribution >= 0.6 is 22.6 Å². The maximum absolute atomic E-state index is 2.37. The van der Waals surface area contributed by atoms with Gasteiger partial charge in [0.1, 0.15) is 0 Å². The first-order chi connectivity index (χ1) is 5.83. The van der Waals surface area contributed by atoms with E-state index in [0.717, 1.165) is 6.54 Å². The summed E-state index contributed by atoms with van der Waals surface area (Å²) >= 11 is 2.37. The quantitative estimate of drug-likeness (QED) is 0.701. The van der Waals surface area contributed by atoms with Crippen LogP contribution in [0.4, 0.5) is 0 Å². The number of halogens is 1. The number of benzene rings is 1. The van der Waals surface area contributed by atoms with E-state index in [1.165, 1.54) is 14.5 Å². The zero-order valence-electron chi connectivity index (χ0n) is 6.92. The summed E-state index contributed by atoms with van der Waals surface area (Å²) < 4.78 is 3.59. The summed E-state index contributed by atoms with van der Waals surface area (Å²) in [7, 11) is 0. The van der Waals surface area contributed by atoms with Crippen molar-refractivity contribution < 1.29 is 0 Å². The van der Waals surface area contributed by atoms with Crippen LogP contribution in [0.3, 0.4) is 0 Å². The van der Waals surface area contributed by atoms with Gasteiger partial charge in [0.25, 0.3) is 0 Å². The molecule has 1 nitrogen and oxygen atoms in total. The van der Waals surface area contributed by atoms with Gasteiger partial charge in [-0.25, -0.2) is 0 Å². The van der Waals surface area contributed by atoms with Gasteiger partial charge in [0.05, 0.1) is 0 Å². The van der Waals surface area contributed by atoms with E-state index in [1.807, 2.05) is 0 Å². The van der Waals surface area contributed by atoms with Gasteiger partial charge in [0.2, 0.25) is 0 Å². The van der Waals surface area contributed by atoms with Gasteiger partial charge in [-0.2, -0.15) is 0 Å². The minimum atomic E-state index is 1.05. The van der Waals surface area contributed by atoms with Crippen molar-refractivity contribution in [3.63, 3.8) is 0 Å². The molecule has 0 unspecified atom stereocenters. The van der Waals surface area contributed by atoms with Gasteiger partial charge < -0.3 is 4.57 Å². The first-order valence-electron chi connectivity index (χ1n) is 4.06. The topological polar surface area (TPSA) is 4.93 Å². The van der Waals surface area contributed by atoms with E-state index in [9.17, 15) is 0 Å². The molecule has 0 atom stereocenters. The molecule has 0 saturated heterocycles. The van der Waals surface area contributed by atoms with Crippen molar-refractivity contribution in [1.29, 1.82) is 0 Å². The molecule has 62 valence electrons. The lowest BCUT2D eigenvalue weighted by atomic mass is 10.2. The molecule has 0 aliphatic carbocycles. The molecule has 1 aromatic carbocycles. The highest BCUT2D eigenvalue weighted by Crippen LogP contribution is 2.21. The Morgan fingerprint density at radius 2 is 2.17 bits per heavy atom. The maximum Gasteiger partial charge on any atom is 0.0490 e. The average Bonchev–Trinajstić information content (AvgIpc) is 2.49. The maximum atomic E-state index is 2.37. The Balaban J connectivity index is 2.80. The third kappa shape index (κ3) is 1.14. The normalized spacial score (nSPS) is 10.8. The highest BCUT2D eigenvalue weighted by Gasteiger charge is 2.00. The van der Waals surface area contributed by atoms with Crippen LogP contribution in [0.5, 0.6) is 0 Å². The van der Waals surface area contributed by atoms with E-state index in [1.54, 1.807) is 0 Å². The second-order valence-electron chi connectivity index (χ2n) is 2.77. The number of hydrogen-bond acceptors (Lipinski definition) is 0. The van der Waals surface area contributed by atoms with E-state index < -0.39 is 0 Å². The molecule has 0 amide bonds. The third-order valence-corrected chi connectivity index (χ3v) is 3.04.